The number of ether oxygens (including phenoxy) is 1. The van der Waals surface area contributed by atoms with Crippen molar-refractivity contribution in [3.63, 3.8) is 0 Å². The molecular formula is C15H23N3O5S. The maximum absolute atomic E-state index is 12.2. The zero-order valence-corrected chi connectivity index (χ0v) is 14.9. The van der Waals surface area contributed by atoms with Crippen molar-refractivity contribution in [2.24, 2.45) is 0 Å². The second-order valence-electron chi connectivity index (χ2n) is 5.10. The number of benzene rings is 1. The molecule has 2 N–H and O–H groups in total. The molecule has 0 aliphatic carbocycles. The van der Waals surface area contributed by atoms with Crippen molar-refractivity contribution in [3.05, 3.63) is 24.3 Å². The van der Waals surface area contributed by atoms with Crippen LogP contribution in [0.4, 0.5) is 5.69 Å². The molecule has 24 heavy (non-hydrogen) atoms. The molecular weight excluding hydrogens is 334 g/mol. The molecule has 0 aliphatic rings. The summed E-state index contributed by atoms with van der Waals surface area (Å²) in [6.07, 6.45) is 0. The summed E-state index contributed by atoms with van der Waals surface area (Å²) in [5.74, 6) is -0.380. The molecule has 9 heteroatoms. The van der Waals surface area contributed by atoms with Gasteiger partial charge in [0, 0.05) is 46.3 Å². The summed E-state index contributed by atoms with van der Waals surface area (Å²) in [4.78, 5) is 24.0. The molecule has 0 heterocycles. The first-order valence-corrected chi connectivity index (χ1v) is 8.86. The first-order chi connectivity index (χ1) is 11.3. The number of carbonyl (C=O) groups is 2. The molecule has 1 rings (SSSR count). The van der Waals surface area contributed by atoms with Crippen molar-refractivity contribution < 1.29 is 22.7 Å². The number of amides is 2. The molecule has 0 saturated carbocycles. The molecule has 0 aromatic heterocycles. The van der Waals surface area contributed by atoms with E-state index in [1.807, 2.05) is 0 Å². The average Bonchev–Trinajstić information content (AvgIpc) is 2.50. The van der Waals surface area contributed by atoms with E-state index >= 15 is 0 Å². The van der Waals surface area contributed by atoms with Gasteiger partial charge in [-0.05, 0) is 24.3 Å². The number of sulfonamides is 1. The highest BCUT2D eigenvalue weighted by atomic mass is 32.2. The van der Waals surface area contributed by atoms with Gasteiger partial charge in [-0.15, -0.1) is 0 Å². The average molecular weight is 357 g/mol. The van der Waals surface area contributed by atoms with Crippen molar-refractivity contribution in [2.75, 3.05) is 38.7 Å². The van der Waals surface area contributed by atoms with Gasteiger partial charge in [0.1, 0.15) is 0 Å². The Labute approximate surface area is 142 Å². The van der Waals surface area contributed by atoms with E-state index in [4.69, 9.17) is 4.74 Å². The highest BCUT2D eigenvalue weighted by Gasteiger charge is 2.15. The minimum Gasteiger partial charge on any atom is -0.383 e. The van der Waals surface area contributed by atoms with Gasteiger partial charge in [-0.2, -0.15) is 0 Å². The summed E-state index contributed by atoms with van der Waals surface area (Å²) in [7, 11) is -2.15. The molecule has 0 saturated heterocycles. The molecule has 134 valence electrons. The summed E-state index contributed by atoms with van der Waals surface area (Å²) in [6, 6.07) is 5.83. The lowest BCUT2D eigenvalue weighted by Gasteiger charge is -2.20. The summed E-state index contributed by atoms with van der Waals surface area (Å²) in [5.41, 5.74) is 0.517. The van der Waals surface area contributed by atoms with Gasteiger partial charge in [-0.25, -0.2) is 13.1 Å². The van der Waals surface area contributed by atoms with Crippen LogP contribution in [-0.2, 0) is 24.3 Å². The van der Waals surface area contributed by atoms with Crippen LogP contribution in [-0.4, -0.2) is 58.5 Å². The minimum atomic E-state index is -3.68. The van der Waals surface area contributed by atoms with Gasteiger partial charge in [-0.1, -0.05) is 0 Å². The van der Waals surface area contributed by atoms with E-state index in [2.05, 4.69) is 10.0 Å². The van der Waals surface area contributed by atoms with E-state index in [9.17, 15) is 18.0 Å². The van der Waals surface area contributed by atoms with Crippen molar-refractivity contribution in [2.45, 2.75) is 18.7 Å². The molecule has 8 nitrogen and oxygen atoms in total. The van der Waals surface area contributed by atoms with E-state index in [0.29, 0.717) is 18.8 Å². The highest BCUT2D eigenvalue weighted by molar-refractivity contribution is 7.89. The Hall–Kier alpha value is -1.97. The Kier molecular flexibility index (Phi) is 7.83. The van der Waals surface area contributed by atoms with E-state index in [1.165, 1.54) is 50.1 Å². The molecule has 1 aromatic rings. The number of nitrogens with one attached hydrogen (secondary N) is 2. The van der Waals surface area contributed by atoms with Crippen LogP contribution >= 0.6 is 0 Å². The topological polar surface area (TPSA) is 105 Å². The summed E-state index contributed by atoms with van der Waals surface area (Å²) >= 11 is 0. The first-order valence-electron chi connectivity index (χ1n) is 7.38. The van der Waals surface area contributed by atoms with Crippen molar-refractivity contribution in [1.82, 2.24) is 9.62 Å². The number of rotatable bonds is 9. The lowest BCUT2D eigenvalue weighted by Crippen LogP contribution is -2.39. The Balaban J connectivity index is 2.62. The zero-order valence-electron chi connectivity index (χ0n) is 14.0. The predicted molar refractivity (Wildman–Crippen MR) is 90.1 cm³/mol. The summed E-state index contributed by atoms with van der Waals surface area (Å²) < 4.78 is 31.8. The number of anilines is 1. The van der Waals surface area contributed by atoms with E-state index in [-0.39, 0.29) is 29.8 Å². The van der Waals surface area contributed by atoms with Crippen LogP contribution in [0.3, 0.4) is 0 Å². The predicted octanol–water partition coefficient (Wildman–Crippen LogP) is 0.418. The van der Waals surface area contributed by atoms with Crippen molar-refractivity contribution in [1.29, 1.82) is 0 Å². The monoisotopic (exact) mass is 357 g/mol. The summed E-state index contributed by atoms with van der Waals surface area (Å²) in [5, 5.41) is 2.56. The molecule has 1 aromatic carbocycles. The lowest BCUT2D eigenvalue weighted by atomic mass is 10.3. The molecule has 0 spiro atoms. The number of methoxy groups -OCH3 is 1. The van der Waals surface area contributed by atoms with Crippen LogP contribution < -0.4 is 10.0 Å². The zero-order chi connectivity index (χ0) is 18.2. The van der Waals surface area contributed by atoms with Gasteiger partial charge < -0.3 is 15.0 Å². The number of nitrogens with zero attached hydrogens (tertiary/aromatic N) is 1. The standard InChI is InChI=1S/C15H23N3O5S/c1-12(19)17-14-4-6-15(7-5-14)24(21,22)16-8-9-18(13(2)20)10-11-23-3/h4-7,16H,8-11H2,1-3H3,(H,17,19). The van der Waals surface area contributed by atoms with Crippen molar-refractivity contribution >= 4 is 27.5 Å². The third-order valence-electron chi connectivity index (χ3n) is 3.17. The Morgan fingerprint density at radius 3 is 2.25 bits per heavy atom. The van der Waals surface area contributed by atoms with Gasteiger partial charge in [0.25, 0.3) is 0 Å². The van der Waals surface area contributed by atoms with Gasteiger partial charge in [0.05, 0.1) is 11.5 Å². The fraction of sp³-hybridized carbons (Fsp3) is 0.467. The molecule has 2 amide bonds. The maximum Gasteiger partial charge on any atom is 0.240 e. The van der Waals surface area contributed by atoms with Crippen LogP contribution in [0.2, 0.25) is 0 Å². The van der Waals surface area contributed by atoms with Gasteiger partial charge in [-0.3, -0.25) is 9.59 Å². The highest BCUT2D eigenvalue weighted by Crippen LogP contribution is 2.13. The molecule has 0 unspecified atom stereocenters. The number of hydrogen-bond donors (Lipinski definition) is 2. The fourth-order valence-corrected chi connectivity index (χ4v) is 2.97. The van der Waals surface area contributed by atoms with Crippen LogP contribution in [0.1, 0.15) is 13.8 Å². The lowest BCUT2D eigenvalue weighted by molar-refractivity contribution is -0.129. The van der Waals surface area contributed by atoms with Crippen LogP contribution in [0, 0.1) is 0 Å². The van der Waals surface area contributed by atoms with E-state index in [0.717, 1.165) is 0 Å². The Morgan fingerprint density at radius 1 is 1.12 bits per heavy atom. The van der Waals surface area contributed by atoms with Crippen molar-refractivity contribution in [3.8, 4) is 0 Å². The third-order valence-corrected chi connectivity index (χ3v) is 4.65. The normalized spacial score (nSPS) is 11.1. The largest absolute Gasteiger partial charge is 0.383 e. The Bertz CT molecular complexity index is 658. The van der Waals surface area contributed by atoms with Crippen LogP contribution in [0.5, 0.6) is 0 Å². The number of carbonyl (C=O) groups excluding carboxylic acids is 2. The Morgan fingerprint density at radius 2 is 1.75 bits per heavy atom. The van der Waals surface area contributed by atoms with Crippen LogP contribution in [0.15, 0.2) is 29.2 Å². The van der Waals surface area contributed by atoms with Gasteiger partial charge in [0.2, 0.25) is 21.8 Å². The quantitative estimate of drug-likeness (QED) is 0.666. The molecule has 0 bridgehead atoms. The summed E-state index contributed by atoms with van der Waals surface area (Å²) in [6.45, 7) is 3.93. The second kappa shape index (κ2) is 9.36. The molecule has 0 aliphatic heterocycles. The second-order valence-corrected chi connectivity index (χ2v) is 6.87. The fourth-order valence-electron chi connectivity index (χ4n) is 1.95. The third kappa shape index (κ3) is 6.65. The van der Waals surface area contributed by atoms with Gasteiger partial charge in [0.15, 0.2) is 0 Å². The van der Waals surface area contributed by atoms with E-state index in [1.54, 1.807) is 0 Å². The smallest absolute Gasteiger partial charge is 0.240 e. The molecule has 0 atom stereocenters. The van der Waals surface area contributed by atoms with E-state index < -0.39 is 10.0 Å². The minimum absolute atomic E-state index is 0.0860. The van der Waals surface area contributed by atoms with Crippen LogP contribution in [0.25, 0.3) is 0 Å². The SMILES string of the molecule is COCCN(CCNS(=O)(=O)c1ccc(NC(C)=O)cc1)C(C)=O. The number of hydrogen-bond acceptors (Lipinski definition) is 5. The van der Waals surface area contributed by atoms with Gasteiger partial charge >= 0.3 is 0 Å². The molecule has 0 radical (unpaired) electrons. The molecule has 0 fully saturated rings. The first kappa shape index (κ1) is 20.1. The maximum atomic E-state index is 12.2.